The van der Waals surface area contributed by atoms with E-state index in [0.29, 0.717) is 28.9 Å². The molecule has 3 rings (SSSR count). The van der Waals surface area contributed by atoms with Crippen molar-refractivity contribution in [1.29, 1.82) is 0 Å². The third kappa shape index (κ3) is 2.94. The van der Waals surface area contributed by atoms with Crippen molar-refractivity contribution in [2.24, 2.45) is 0 Å². The minimum absolute atomic E-state index is 0.0261. The molecule has 0 fully saturated rings. The summed E-state index contributed by atoms with van der Waals surface area (Å²) in [6.07, 6.45) is 1.53. The van der Waals surface area contributed by atoms with E-state index in [1.54, 1.807) is 16.7 Å². The van der Waals surface area contributed by atoms with Crippen LogP contribution in [-0.4, -0.2) is 24.6 Å². The van der Waals surface area contributed by atoms with Gasteiger partial charge in [0.1, 0.15) is 5.82 Å². The number of methoxy groups -OCH3 is 2. The number of pyridine rings is 1. The Morgan fingerprint density at radius 2 is 1.69 bits per heavy atom. The first-order chi connectivity index (χ1) is 12.5. The summed E-state index contributed by atoms with van der Waals surface area (Å²) in [7, 11) is 3.00. The van der Waals surface area contributed by atoms with Gasteiger partial charge >= 0.3 is 0 Å². The van der Waals surface area contributed by atoms with Crippen LogP contribution in [0.15, 0.2) is 47.4 Å². The van der Waals surface area contributed by atoms with Gasteiger partial charge in [-0.05, 0) is 37.3 Å². The molecule has 0 amide bonds. The molecule has 0 aliphatic heterocycles. The Morgan fingerprint density at radius 3 is 2.27 bits per heavy atom. The number of aryl methyl sites for hydroxylation is 1. The normalized spacial score (nSPS) is 10.8. The molecule has 0 radical (unpaired) electrons. The van der Waals surface area contributed by atoms with Crippen molar-refractivity contribution in [3.8, 4) is 11.5 Å². The van der Waals surface area contributed by atoms with Crippen LogP contribution < -0.4 is 14.9 Å². The number of hydrogen-bond donors (Lipinski definition) is 0. The highest BCUT2D eigenvalue weighted by molar-refractivity contribution is 6.10. The second-order valence-electron chi connectivity index (χ2n) is 5.72. The van der Waals surface area contributed by atoms with Gasteiger partial charge in [0.2, 0.25) is 5.43 Å². The van der Waals surface area contributed by atoms with Crippen LogP contribution in [0.4, 0.5) is 4.39 Å². The quantitative estimate of drug-likeness (QED) is 0.658. The average Bonchev–Trinajstić information content (AvgIpc) is 2.67. The summed E-state index contributed by atoms with van der Waals surface area (Å²) >= 11 is 0. The summed E-state index contributed by atoms with van der Waals surface area (Å²) in [4.78, 5) is 25.7. The van der Waals surface area contributed by atoms with Crippen LogP contribution in [0.5, 0.6) is 11.5 Å². The largest absolute Gasteiger partial charge is 0.493 e. The Bertz CT molecular complexity index is 1040. The summed E-state index contributed by atoms with van der Waals surface area (Å²) in [5.74, 6) is 0.0158. The van der Waals surface area contributed by atoms with E-state index in [1.807, 2.05) is 6.92 Å². The van der Waals surface area contributed by atoms with Gasteiger partial charge in [0.05, 0.1) is 30.7 Å². The Kier molecular flexibility index (Phi) is 4.75. The molecule has 0 spiro atoms. The molecule has 3 aromatic rings. The molecular formula is C20H18FNO4. The van der Waals surface area contributed by atoms with Gasteiger partial charge in [-0.25, -0.2) is 4.39 Å². The van der Waals surface area contributed by atoms with Gasteiger partial charge < -0.3 is 14.0 Å². The van der Waals surface area contributed by atoms with Crippen molar-refractivity contribution in [1.82, 2.24) is 4.57 Å². The van der Waals surface area contributed by atoms with E-state index < -0.39 is 17.0 Å². The molecule has 0 saturated heterocycles. The van der Waals surface area contributed by atoms with E-state index in [9.17, 15) is 14.0 Å². The van der Waals surface area contributed by atoms with Gasteiger partial charge in [-0.15, -0.1) is 0 Å². The van der Waals surface area contributed by atoms with Crippen LogP contribution in [-0.2, 0) is 6.54 Å². The van der Waals surface area contributed by atoms with Crippen molar-refractivity contribution in [3.63, 3.8) is 0 Å². The van der Waals surface area contributed by atoms with Crippen LogP contribution in [0.25, 0.3) is 10.9 Å². The number of carbonyl (C=O) groups excluding carboxylic acids is 1. The summed E-state index contributed by atoms with van der Waals surface area (Å²) in [5, 5.41) is 0.359. The van der Waals surface area contributed by atoms with Crippen LogP contribution in [0.1, 0.15) is 22.8 Å². The SMILES string of the molecule is CCn1cc(C(=O)c2ccc(F)cc2)c(=O)c2cc(OC)c(OC)cc21. The van der Waals surface area contributed by atoms with Gasteiger partial charge in [0, 0.05) is 24.4 Å². The third-order valence-electron chi connectivity index (χ3n) is 4.28. The minimum atomic E-state index is -0.450. The standard InChI is InChI=1S/C20H18FNO4/c1-4-22-11-15(19(23)12-5-7-13(21)8-6-12)20(24)14-9-17(25-2)18(26-3)10-16(14)22/h5-11H,4H2,1-3H3. The monoisotopic (exact) mass is 355 g/mol. The topological polar surface area (TPSA) is 57.5 Å². The molecule has 26 heavy (non-hydrogen) atoms. The van der Waals surface area contributed by atoms with Crippen molar-refractivity contribution in [2.75, 3.05) is 14.2 Å². The smallest absolute Gasteiger partial charge is 0.200 e. The van der Waals surface area contributed by atoms with E-state index in [0.717, 1.165) is 0 Å². The maximum absolute atomic E-state index is 13.1. The van der Waals surface area contributed by atoms with Crippen molar-refractivity contribution in [2.45, 2.75) is 13.5 Å². The zero-order valence-electron chi connectivity index (χ0n) is 14.7. The van der Waals surface area contributed by atoms with Crippen LogP contribution in [0.2, 0.25) is 0 Å². The zero-order chi connectivity index (χ0) is 18.8. The van der Waals surface area contributed by atoms with Crippen LogP contribution in [0, 0.1) is 5.82 Å². The van der Waals surface area contributed by atoms with Crippen molar-refractivity contribution < 1.29 is 18.7 Å². The van der Waals surface area contributed by atoms with E-state index in [4.69, 9.17) is 9.47 Å². The molecule has 0 unspecified atom stereocenters. The second kappa shape index (κ2) is 7.00. The van der Waals surface area contributed by atoms with Gasteiger partial charge in [0.25, 0.3) is 0 Å². The molecule has 1 heterocycles. The fourth-order valence-corrected chi connectivity index (χ4v) is 2.90. The molecule has 0 aliphatic carbocycles. The fourth-order valence-electron chi connectivity index (χ4n) is 2.90. The number of aromatic nitrogens is 1. The first kappa shape index (κ1) is 17.7. The highest BCUT2D eigenvalue weighted by Crippen LogP contribution is 2.31. The lowest BCUT2D eigenvalue weighted by molar-refractivity contribution is 0.103. The predicted molar refractivity (Wildman–Crippen MR) is 96.8 cm³/mol. The molecule has 1 aromatic heterocycles. The number of ether oxygens (including phenoxy) is 2. The van der Waals surface area contributed by atoms with E-state index >= 15 is 0 Å². The lowest BCUT2D eigenvalue weighted by Crippen LogP contribution is -2.20. The second-order valence-corrected chi connectivity index (χ2v) is 5.72. The number of nitrogens with zero attached hydrogens (tertiary/aromatic N) is 1. The summed E-state index contributed by atoms with van der Waals surface area (Å²) < 4.78 is 25.5. The molecule has 6 heteroatoms. The fraction of sp³-hybridized carbons (Fsp3) is 0.200. The Morgan fingerprint density at radius 1 is 1.08 bits per heavy atom. The molecule has 5 nitrogen and oxygen atoms in total. The number of rotatable bonds is 5. The number of hydrogen-bond acceptors (Lipinski definition) is 4. The number of ketones is 1. The minimum Gasteiger partial charge on any atom is -0.493 e. The first-order valence-electron chi connectivity index (χ1n) is 8.09. The van der Waals surface area contributed by atoms with E-state index in [-0.39, 0.29) is 11.1 Å². The van der Waals surface area contributed by atoms with E-state index in [2.05, 4.69) is 0 Å². The molecule has 2 aromatic carbocycles. The number of fused-ring (bicyclic) bond motifs is 1. The first-order valence-corrected chi connectivity index (χ1v) is 8.09. The zero-order valence-corrected chi connectivity index (χ0v) is 14.7. The molecule has 0 bridgehead atoms. The third-order valence-corrected chi connectivity index (χ3v) is 4.28. The lowest BCUT2D eigenvalue weighted by atomic mass is 10.0. The maximum atomic E-state index is 13.1. The molecule has 134 valence electrons. The highest BCUT2D eigenvalue weighted by Gasteiger charge is 2.19. The molecule has 0 N–H and O–H groups in total. The summed E-state index contributed by atoms with van der Waals surface area (Å²) in [5.41, 5.74) is 0.523. The summed E-state index contributed by atoms with van der Waals surface area (Å²) in [6, 6.07) is 8.41. The van der Waals surface area contributed by atoms with E-state index in [1.165, 1.54) is 44.7 Å². The molecule has 0 aliphatic rings. The number of carbonyl (C=O) groups is 1. The average molecular weight is 355 g/mol. The van der Waals surface area contributed by atoms with Crippen LogP contribution >= 0.6 is 0 Å². The molecular weight excluding hydrogens is 337 g/mol. The summed E-state index contributed by atoms with van der Waals surface area (Å²) in [6.45, 7) is 2.46. The van der Waals surface area contributed by atoms with Gasteiger partial charge in [-0.1, -0.05) is 0 Å². The Labute approximate surface area is 149 Å². The van der Waals surface area contributed by atoms with Crippen molar-refractivity contribution in [3.05, 3.63) is 69.8 Å². The highest BCUT2D eigenvalue weighted by atomic mass is 19.1. The van der Waals surface area contributed by atoms with Gasteiger partial charge in [-0.3, -0.25) is 9.59 Å². The van der Waals surface area contributed by atoms with Gasteiger partial charge in [-0.2, -0.15) is 0 Å². The molecule has 0 atom stereocenters. The van der Waals surface area contributed by atoms with Crippen molar-refractivity contribution >= 4 is 16.7 Å². The van der Waals surface area contributed by atoms with Crippen LogP contribution in [0.3, 0.4) is 0 Å². The predicted octanol–water partition coefficient (Wildman–Crippen LogP) is 3.41. The number of benzene rings is 2. The lowest BCUT2D eigenvalue weighted by Gasteiger charge is -2.14. The molecule has 0 saturated carbocycles. The maximum Gasteiger partial charge on any atom is 0.200 e. The van der Waals surface area contributed by atoms with Gasteiger partial charge in [0.15, 0.2) is 17.3 Å². The Balaban J connectivity index is 2.27. The Hall–Kier alpha value is -3.15. The number of halogens is 1.